The zero-order valence-corrected chi connectivity index (χ0v) is 13.6. The lowest BCUT2D eigenvalue weighted by Crippen LogP contribution is -2.27. The predicted molar refractivity (Wildman–Crippen MR) is 93.1 cm³/mol. The molecule has 1 heterocycles. The van der Waals surface area contributed by atoms with Crippen LogP contribution < -0.4 is 16.0 Å². The van der Waals surface area contributed by atoms with E-state index in [-0.39, 0.29) is 31.0 Å². The predicted octanol–water partition coefficient (Wildman–Crippen LogP) is 1.78. The molecule has 7 heteroatoms. The third-order valence-corrected chi connectivity index (χ3v) is 3.94. The fraction of sp³-hybridized carbons (Fsp3) is 0.278. The molecule has 3 amide bonds. The average molecular weight is 341 g/mol. The van der Waals surface area contributed by atoms with E-state index < -0.39 is 5.97 Å². The van der Waals surface area contributed by atoms with E-state index in [1.807, 2.05) is 36.4 Å². The van der Waals surface area contributed by atoms with Crippen LogP contribution in [0.5, 0.6) is 0 Å². The molecule has 0 aromatic heterocycles. The minimum absolute atomic E-state index is 0.0773. The highest BCUT2D eigenvalue weighted by Crippen LogP contribution is 2.18. The zero-order chi connectivity index (χ0) is 17.6. The molecule has 1 aliphatic heterocycles. The number of fused-ring (bicyclic) bond motifs is 1. The Kier molecular flexibility index (Phi) is 5.13. The number of carbonyl (C=O) groups excluding carboxylic acids is 3. The van der Waals surface area contributed by atoms with Crippen molar-refractivity contribution >= 4 is 34.4 Å². The summed E-state index contributed by atoms with van der Waals surface area (Å²) >= 11 is 0. The highest BCUT2D eigenvalue weighted by Gasteiger charge is 2.20. The van der Waals surface area contributed by atoms with Gasteiger partial charge in [-0.05, 0) is 29.3 Å². The number of esters is 1. The van der Waals surface area contributed by atoms with Crippen LogP contribution in [0.15, 0.2) is 42.5 Å². The molecule has 2 aromatic rings. The first-order valence-corrected chi connectivity index (χ1v) is 8.09. The molecule has 0 spiro atoms. The van der Waals surface area contributed by atoms with Gasteiger partial charge in [-0.3, -0.25) is 9.59 Å². The molecular weight excluding hydrogens is 322 g/mol. The smallest absolute Gasteiger partial charge is 0.315 e. The molecule has 0 aliphatic carbocycles. The van der Waals surface area contributed by atoms with Crippen molar-refractivity contribution in [2.45, 2.75) is 18.9 Å². The monoisotopic (exact) mass is 341 g/mol. The summed E-state index contributed by atoms with van der Waals surface area (Å²) in [6, 6.07) is 13.1. The maximum atomic E-state index is 11.9. The second kappa shape index (κ2) is 7.65. The largest absolute Gasteiger partial charge is 0.456 e. The summed E-state index contributed by atoms with van der Waals surface area (Å²) in [7, 11) is 0. The summed E-state index contributed by atoms with van der Waals surface area (Å²) in [5.41, 5.74) is 0.652. The van der Waals surface area contributed by atoms with E-state index in [1.165, 1.54) is 0 Å². The number of hydrogen-bond donors (Lipinski definition) is 3. The van der Waals surface area contributed by atoms with Crippen molar-refractivity contribution in [3.63, 3.8) is 0 Å². The molecule has 1 saturated heterocycles. The third-order valence-electron chi connectivity index (χ3n) is 3.94. The maximum absolute atomic E-state index is 11.9. The highest BCUT2D eigenvalue weighted by molar-refractivity contribution is 5.95. The Morgan fingerprint density at radius 1 is 1.16 bits per heavy atom. The standard InChI is InChI=1S/C18H19N3O4/c22-16(11-25-17(23)8-7-15-10-19-18(24)21-15)20-14-6-5-12-3-1-2-4-13(12)9-14/h1-6,9,15H,7-8,10-11H2,(H,20,22)(H2,19,21,24). The maximum Gasteiger partial charge on any atom is 0.315 e. The summed E-state index contributed by atoms with van der Waals surface area (Å²) in [6.07, 6.45) is 0.625. The molecule has 3 rings (SSSR count). The molecule has 7 nitrogen and oxygen atoms in total. The topological polar surface area (TPSA) is 96.5 Å². The quantitative estimate of drug-likeness (QED) is 0.698. The molecule has 1 fully saturated rings. The van der Waals surface area contributed by atoms with Crippen LogP contribution >= 0.6 is 0 Å². The van der Waals surface area contributed by atoms with Gasteiger partial charge in [-0.2, -0.15) is 0 Å². The number of amides is 3. The SMILES string of the molecule is O=C(COC(=O)CCC1CNC(=O)N1)Nc1ccc2ccccc2c1. The summed E-state index contributed by atoms with van der Waals surface area (Å²) in [5, 5.41) is 10.1. The van der Waals surface area contributed by atoms with Crippen LogP contribution in [0.1, 0.15) is 12.8 Å². The molecule has 0 radical (unpaired) electrons. The lowest BCUT2D eigenvalue weighted by atomic mass is 10.1. The van der Waals surface area contributed by atoms with Gasteiger partial charge in [0.2, 0.25) is 0 Å². The van der Waals surface area contributed by atoms with Crippen LogP contribution in [-0.4, -0.2) is 37.1 Å². The van der Waals surface area contributed by atoms with Gasteiger partial charge in [0.1, 0.15) is 0 Å². The zero-order valence-electron chi connectivity index (χ0n) is 13.6. The molecule has 1 unspecified atom stereocenters. The second-order valence-electron chi connectivity index (χ2n) is 5.86. The number of benzene rings is 2. The van der Waals surface area contributed by atoms with E-state index in [9.17, 15) is 14.4 Å². The van der Waals surface area contributed by atoms with Crippen molar-refractivity contribution in [3.8, 4) is 0 Å². The summed E-state index contributed by atoms with van der Waals surface area (Å²) in [6.45, 7) is 0.162. The van der Waals surface area contributed by atoms with E-state index in [0.717, 1.165) is 10.8 Å². The van der Waals surface area contributed by atoms with Crippen LogP contribution in [0.2, 0.25) is 0 Å². The van der Waals surface area contributed by atoms with Crippen molar-refractivity contribution < 1.29 is 19.1 Å². The number of carbonyl (C=O) groups is 3. The lowest BCUT2D eigenvalue weighted by molar-refractivity contribution is -0.147. The number of urea groups is 1. The van der Waals surface area contributed by atoms with Gasteiger partial charge in [-0.15, -0.1) is 0 Å². The Balaban J connectivity index is 1.42. The molecule has 25 heavy (non-hydrogen) atoms. The number of rotatable bonds is 6. The molecule has 3 N–H and O–H groups in total. The van der Waals surface area contributed by atoms with Crippen molar-refractivity contribution in [2.24, 2.45) is 0 Å². The van der Waals surface area contributed by atoms with Gasteiger partial charge in [0, 0.05) is 24.7 Å². The molecule has 2 aromatic carbocycles. The van der Waals surface area contributed by atoms with E-state index >= 15 is 0 Å². The summed E-state index contributed by atoms with van der Waals surface area (Å²) < 4.78 is 4.97. The van der Waals surface area contributed by atoms with Crippen molar-refractivity contribution in [3.05, 3.63) is 42.5 Å². The highest BCUT2D eigenvalue weighted by atomic mass is 16.5. The Labute approximate surface area is 144 Å². The first kappa shape index (κ1) is 16.8. The Morgan fingerprint density at radius 2 is 1.96 bits per heavy atom. The Hall–Kier alpha value is -3.09. The number of ether oxygens (including phenoxy) is 1. The fourth-order valence-corrected chi connectivity index (χ4v) is 2.65. The van der Waals surface area contributed by atoms with Crippen LogP contribution in [-0.2, 0) is 14.3 Å². The van der Waals surface area contributed by atoms with Crippen LogP contribution in [0, 0.1) is 0 Å². The van der Waals surface area contributed by atoms with Crippen molar-refractivity contribution in [2.75, 3.05) is 18.5 Å². The van der Waals surface area contributed by atoms with E-state index in [0.29, 0.717) is 18.7 Å². The molecule has 130 valence electrons. The first-order valence-electron chi connectivity index (χ1n) is 8.09. The summed E-state index contributed by atoms with van der Waals surface area (Å²) in [5.74, 6) is -0.853. The van der Waals surface area contributed by atoms with Gasteiger partial charge in [0.05, 0.1) is 0 Å². The van der Waals surface area contributed by atoms with E-state index in [1.54, 1.807) is 6.07 Å². The van der Waals surface area contributed by atoms with E-state index in [4.69, 9.17) is 4.74 Å². The van der Waals surface area contributed by atoms with Crippen LogP contribution in [0.4, 0.5) is 10.5 Å². The van der Waals surface area contributed by atoms with Crippen molar-refractivity contribution in [1.82, 2.24) is 10.6 Å². The Morgan fingerprint density at radius 3 is 2.72 bits per heavy atom. The second-order valence-corrected chi connectivity index (χ2v) is 5.86. The molecule has 1 aliphatic rings. The van der Waals surface area contributed by atoms with Crippen LogP contribution in [0.25, 0.3) is 10.8 Å². The minimum Gasteiger partial charge on any atom is -0.456 e. The first-order chi connectivity index (χ1) is 12.1. The number of nitrogens with one attached hydrogen (secondary N) is 3. The van der Waals surface area contributed by atoms with E-state index in [2.05, 4.69) is 16.0 Å². The third kappa shape index (κ3) is 4.69. The molecule has 0 saturated carbocycles. The molecule has 0 bridgehead atoms. The van der Waals surface area contributed by atoms with Gasteiger partial charge >= 0.3 is 12.0 Å². The van der Waals surface area contributed by atoms with Gasteiger partial charge in [0.25, 0.3) is 5.91 Å². The van der Waals surface area contributed by atoms with Crippen molar-refractivity contribution in [1.29, 1.82) is 0 Å². The average Bonchev–Trinajstić information content (AvgIpc) is 3.03. The van der Waals surface area contributed by atoms with Gasteiger partial charge in [-0.25, -0.2) is 4.79 Å². The van der Waals surface area contributed by atoms with Crippen LogP contribution in [0.3, 0.4) is 0 Å². The fourth-order valence-electron chi connectivity index (χ4n) is 2.65. The summed E-state index contributed by atoms with van der Waals surface area (Å²) in [4.78, 5) is 34.6. The lowest BCUT2D eigenvalue weighted by Gasteiger charge is -2.09. The minimum atomic E-state index is -0.463. The Bertz CT molecular complexity index is 806. The number of anilines is 1. The van der Waals surface area contributed by atoms with Gasteiger partial charge in [0.15, 0.2) is 6.61 Å². The van der Waals surface area contributed by atoms with Gasteiger partial charge in [-0.1, -0.05) is 30.3 Å². The van der Waals surface area contributed by atoms with Gasteiger partial charge < -0.3 is 20.7 Å². The normalized spacial score (nSPS) is 16.2. The number of hydrogen-bond acceptors (Lipinski definition) is 4. The molecule has 1 atom stereocenters. The molecular formula is C18H19N3O4.